The molecule has 1 atom stereocenters. The predicted octanol–water partition coefficient (Wildman–Crippen LogP) is 3.26. The van der Waals surface area contributed by atoms with Gasteiger partial charge in [-0.05, 0) is 24.6 Å². The van der Waals surface area contributed by atoms with Gasteiger partial charge in [-0.25, -0.2) is 0 Å². The number of nitrogens with one attached hydrogen (secondary N) is 1. The summed E-state index contributed by atoms with van der Waals surface area (Å²) >= 11 is 0. The van der Waals surface area contributed by atoms with Crippen molar-refractivity contribution in [3.63, 3.8) is 0 Å². The first kappa shape index (κ1) is 24.6. The van der Waals surface area contributed by atoms with E-state index < -0.39 is 30.2 Å². The van der Waals surface area contributed by atoms with Crippen molar-refractivity contribution in [2.75, 3.05) is 6.54 Å². The summed E-state index contributed by atoms with van der Waals surface area (Å²) in [6.45, 7) is 1.58. The van der Waals surface area contributed by atoms with Crippen molar-refractivity contribution >= 4 is 17.6 Å². The number of hydrogen-bond acceptors (Lipinski definition) is 7. The first-order chi connectivity index (χ1) is 16.0. The van der Waals surface area contributed by atoms with Gasteiger partial charge in [-0.1, -0.05) is 41.6 Å². The molecule has 0 aliphatic carbocycles. The number of carboxylic acid groups (broad SMARTS) is 1. The van der Waals surface area contributed by atoms with Crippen molar-refractivity contribution in [1.82, 2.24) is 15.5 Å². The number of aromatic nitrogens is 2. The molecule has 0 spiro atoms. The number of amides is 1. The Labute approximate surface area is 191 Å². The molecule has 12 heteroatoms. The van der Waals surface area contributed by atoms with Crippen LogP contribution in [0.5, 0.6) is 0 Å². The zero-order valence-corrected chi connectivity index (χ0v) is 17.7. The fourth-order valence-corrected chi connectivity index (χ4v) is 2.97. The smallest absolute Gasteiger partial charge is 0.471 e. The van der Waals surface area contributed by atoms with Gasteiger partial charge in [0.25, 0.3) is 5.91 Å². The quantitative estimate of drug-likeness (QED) is 0.424. The third-order valence-corrected chi connectivity index (χ3v) is 4.60. The molecule has 3 N–H and O–H groups in total. The highest BCUT2D eigenvalue weighted by atomic mass is 19.4. The fraction of sp³-hybridized carbons (Fsp3) is 0.227. The number of carbonyl (C=O) groups is 2. The van der Waals surface area contributed by atoms with Crippen LogP contribution < -0.4 is 5.32 Å². The van der Waals surface area contributed by atoms with Gasteiger partial charge in [0.15, 0.2) is 6.23 Å². The predicted molar refractivity (Wildman–Crippen MR) is 113 cm³/mol. The first-order valence-corrected chi connectivity index (χ1v) is 9.85. The third-order valence-electron chi connectivity index (χ3n) is 4.60. The van der Waals surface area contributed by atoms with Gasteiger partial charge in [-0.15, -0.1) is 0 Å². The number of carboxylic acids is 1. The minimum absolute atomic E-state index is 0.00146. The average molecular weight is 476 g/mol. The van der Waals surface area contributed by atoms with E-state index in [9.17, 15) is 27.9 Å². The summed E-state index contributed by atoms with van der Waals surface area (Å²) in [5.41, 5.74) is 1.61. The largest absolute Gasteiger partial charge is 0.481 e. The monoisotopic (exact) mass is 476 g/mol. The van der Waals surface area contributed by atoms with Crippen molar-refractivity contribution in [1.29, 1.82) is 0 Å². The van der Waals surface area contributed by atoms with E-state index in [0.29, 0.717) is 16.8 Å². The molecular formula is C22H19F3N4O5. The van der Waals surface area contributed by atoms with Gasteiger partial charge in [-0.3, -0.25) is 14.6 Å². The molecule has 3 rings (SSSR count). The van der Waals surface area contributed by atoms with Crippen LogP contribution in [-0.4, -0.2) is 44.5 Å². The highest BCUT2D eigenvalue weighted by Gasteiger charge is 2.38. The van der Waals surface area contributed by atoms with Gasteiger partial charge in [-0.2, -0.15) is 18.2 Å². The minimum atomic E-state index is -4.75. The number of nitrogens with zero attached hydrogens (tertiary/aromatic N) is 3. The lowest BCUT2D eigenvalue weighted by Crippen LogP contribution is -2.28. The van der Waals surface area contributed by atoms with E-state index in [1.54, 1.807) is 31.2 Å². The maximum absolute atomic E-state index is 12.6. The van der Waals surface area contributed by atoms with Crippen LogP contribution in [0.25, 0.3) is 11.4 Å². The van der Waals surface area contributed by atoms with Crippen molar-refractivity contribution in [3.05, 3.63) is 71.1 Å². The number of aliphatic hydroxyl groups is 1. The number of rotatable bonds is 8. The molecule has 0 radical (unpaired) electrons. The molecule has 1 amide bonds. The molecule has 0 fully saturated rings. The number of halogens is 3. The molecule has 178 valence electrons. The number of hydrogen-bond donors (Lipinski definition) is 3. The van der Waals surface area contributed by atoms with Crippen LogP contribution in [-0.2, 0) is 17.4 Å². The molecular weight excluding hydrogens is 457 g/mol. The molecule has 0 saturated heterocycles. The Bertz CT molecular complexity index is 1210. The Morgan fingerprint density at radius 1 is 1.15 bits per heavy atom. The SMILES string of the molecule is CC(CNC(=O)c1ccc(-c2noc(C(F)(F)F)n2)cc1)=NC(O)c1ccccc1CC(=O)O. The second-order valence-corrected chi connectivity index (χ2v) is 7.19. The van der Waals surface area contributed by atoms with Crippen LogP contribution in [0.2, 0.25) is 0 Å². The minimum Gasteiger partial charge on any atom is -0.481 e. The lowest BCUT2D eigenvalue weighted by molar-refractivity contribution is -0.159. The molecule has 3 aromatic rings. The Kier molecular flexibility index (Phi) is 7.41. The zero-order chi connectivity index (χ0) is 24.9. The highest BCUT2D eigenvalue weighted by Crippen LogP contribution is 2.29. The standard InChI is InChI=1S/C22H19F3N4O5/c1-12(27-20(33)16-5-3-2-4-15(16)10-17(30)31)11-26-19(32)14-8-6-13(7-9-14)18-28-21(34-29-18)22(23,24)25/h2-9,20,33H,10-11H2,1H3,(H,26,32)(H,30,31). The van der Waals surface area contributed by atoms with E-state index >= 15 is 0 Å². The maximum Gasteiger partial charge on any atom is 0.471 e. The van der Waals surface area contributed by atoms with E-state index in [2.05, 4.69) is 25.0 Å². The molecule has 2 aromatic carbocycles. The van der Waals surface area contributed by atoms with Crippen molar-refractivity contribution in [2.24, 2.45) is 4.99 Å². The van der Waals surface area contributed by atoms with Crippen LogP contribution in [0.1, 0.15) is 40.5 Å². The number of benzene rings is 2. The second-order valence-electron chi connectivity index (χ2n) is 7.19. The van der Waals surface area contributed by atoms with Gasteiger partial charge >= 0.3 is 18.0 Å². The number of aliphatic carboxylic acids is 1. The van der Waals surface area contributed by atoms with E-state index in [-0.39, 0.29) is 29.9 Å². The van der Waals surface area contributed by atoms with E-state index in [4.69, 9.17) is 5.11 Å². The van der Waals surface area contributed by atoms with Gasteiger partial charge in [0.05, 0.1) is 13.0 Å². The van der Waals surface area contributed by atoms with Gasteiger partial charge in [0.1, 0.15) is 0 Å². The summed E-state index contributed by atoms with van der Waals surface area (Å²) in [6.07, 6.45) is -6.32. The Morgan fingerprint density at radius 3 is 2.44 bits per heavy atom. The van der Waals surface area contributed by atoms with Gasteiger partial charge in [0, 0.05) is 22.4 Å². The van der Waals surface area contributed by atoms with Gasteiger partial charge in [0.2, 0.25) is 5.82 Å². The molecule has 0 saturated carbocycles. The summed E-state index contributed by atoms with van der Waals surface area (Å²) in [6, 6.07) is 12.0. The molecule has 0 aliphatic rings. The van der Waals surface area contributed by atoms with Crippen LogP contribution in [0.4, 0.5) is 13.2 Å². The summed E-state index contributed by atoms with van der Waals surface area (Å²) in [7, 11) is 0. The van der Waals surface area contributed by atoms with Crippen LogP contribution in [0, 0.1) is 0 Å². The second kappa shape index (κ2) is 10.3. The lowest BCUT2D eigenvalue weighted by Gasteiger charge is -2.13. The zero-order valence-electron chi connectivity index (χ0n) is 17.7. The summed E-state index contributed by atoms with van der Waals surface area (Å²) < 4.78 is 41.9. The molecule has 0 bridgehead atoms. The molecule has 1 aromatic heterocycles. The molecule has 1 unspecified atom stereocenters. The summed E-state index contributed by atoms with van der Waals surface area (Å²) in [5.74, 6) is -3.25. The maximum atomic E-state index is 12.6. The molecule has 34 heavy (non-hydrogen) atoms. The summed E-state index contributed by atoms with van der Waals surface area (Å²) in [5, 5.41) is 25.3. The first-order valence-electron chi connectivity index (χ1n) is 9.85. The average Bonchev–Trinajstić information content (AvgIpc) is 3.28. The summed E-state index contributed by atoms with van der Waals surface area (Å²) in [4.78, 5) is 30.8. The Morgan fingerprint density at radius 2 is 1.82 bits per heavy atom. The lowest BCUT2D eigenvalue weighted by atomic mass is 10.0. The molecule has 0 aliphatic heterocycles. The molecule has 1 heterocycles. The normalized spacial score (nSPS) is 12.9. The third kappa shape index (κ3) is 6.25. The van der Waals surface area contributed by atoms with Crippen LogP contribution >= 0.6 is 0 Å². The van der Waals surface area contributed by atoms with Crippen molar-refractivity contribution in [2.45, 2.75) is 25.7 Å². The van der Waals surface area contributed by atoms with Crippen LogP contribution in [0.15, 0.2) is 58.0 Å². The Hall–Kier alpha value is -4.06. The number of aliphatic imine (C=N–C) groups is 1. The highest BCUT2D eigenvalue weighted by molar-refractivity contribution is 5.97. The molecule has 9 nitrogen and oxygen atoms in total. The number of carbonyl (C=O) groups excluding carboxylic acids is 1. The fourth-order valence-electron chi connectivity index (χ4n) is 2.97. The van der Waals surface area contributed by atoms with E-state index in [0.717, 1.165) is 0 Å². The number of aliphatic hydroxyl groups excluding tert-OH is 1. The Balaban J connectivity index is 1.61. The van der Waals surface area contributed by atoms with E-state index in [1.807, 2.05) is 0 Å². The van der Waals surface area contributed by atoms with Crippen molar-refractivity contribution < 1.29 is 37.5 Å². The number of alkyl halides is 3. The van der Waals surface area contributed by atoms with Crippen molar-refractivity contribution in [3.8, 4) is 11.4 Å². The van der Waals surface area contributed by atoms with Gasteiger partial charge < -0.3 is 20.1 Å². The topological polar surface area (TPSA) is 138 Å². The van der Waals surface area contributed by atoms with Crippen LogP contribution in [0.3, 0.4) is 0 Å². The van der Waals surface area contributed by atoms with E-state index in [1.165, 1.54) is 24.3 Å².